The number of rotatable bonds is 2. The highest BCUT2D eigenvalue weighted by molar-refractivity contribution is 6.31. The van der Waals surface area contributed by atoms with E-state index in [9.17, 15) is 5.11 Å². The van der Waals surface area contributed by atoms with E-state index in [1.165, 1.54) is 30.4 Å². The molecule has 1 aliphatic rings. The van der Waals surface area contributed by atoms with Crippen molar-refractivity contribution >= 4 is 11.6 Å². The zero-order valence-electron chi connectivity index (χ0n) is 10.5. The van der Waals surface area contributed by atoms with Crippen molar-refractivity contribution in [1.82, 2.24) is 0 Å². The molecule has 0 bridgehead atoms. The van der Waals surface area contributed by atoms with Crippen molar-refractivity contribution in [1.29, 1.82) is 0 Å². The molecule has 1 N–H and O–H groups in total. The summed E-state index contributed by atoms with van der Waals surface area (Å²) in [6.45, 7) is 2.05. The third-order valence-electron chi connectivity index (χ3n) is 3.81. The van der Waals surface area contributed by atoms with Gasteiger partial charge in [-0.05, 0) is 49.3 Å². The van der Waals surface area contributed by atoms with Crippen molar-refractivity contribution in [2.24, 2.45) is 5.92 Å². The zero-order chi connectivity index (χ0) is 12.3. The predicted octanol–water partition coefficient (Wildman–Crippen LogP) is 4.13. The average molecular weight is 253 g/mol. The van der Waals surface area contributed by atoms with Gasteiger partial charge in [-0.1, -0.05) is 43.0 Å². The Labute approximate surface area is 109 Å². The van der Waals surface area contributed by atoms with Crippen LogP contribution in [0, 0.1) is 12.8 Å². The molecule has 0 spiro atoms. The van der Waals surface area contributed by atoms with E-state index in [0.29, 0.717) is 5.92 Å². The highest BCUT2D eigenvalue weighted by Crippen LogP contribution is 2.29. The molecule has 1 aliphatic carbocycles. The predicted molar refractivity (Wildman–Crippen MR) is 72.5 cm³/mol. The Kier molecular flexibility index (Phi) is 4.47. The van der Waals surface area contributed by atoms with Gasteiger partial charge in [0.05, 0.1) is 6.10 Å². The lowest BCUT2D eigenvalue weighted by atomic mass is 9.90. The van der Waals surface area contributed by atoms with Crippen molar-refractivity contribution in [2.45, 2.75) is 51.6 Å². The molecule has 2 atom stereocenters. The molecule has 2 heteroatoms. The molecule has 0 amide bonds. The first-order valence-corrected chi connectivity index (χ1v) is 6.97. The third-order valence-corrected chi connectivity index (χ3v) is 4.16. The van der Waals surface area contributed by atoms with Crippen molar-refractivity contribution in [3.8, 4) is 0 Å². The lowest BCUT2D eigenvalue weighted by Crippen LogP contribution is -2.21. The number of aliphatic hydroxyl groups excluding tert-OH is 1. The van der Waals surface area contributed by atoms with E-state index in [2.05, 4.69) is 19.1 Å². The first-order chi connectivity index (χ1) is 8.16. The fraction of sp³-hybridized carbons (Fsp3) is 0.600. The van der Waals surface area contributed by atoms with Gasteiger partial charge in [0, 0.05) is 5.02 Å². The van der Waals surface area contributed by atoms with Crippen LogP contribution in [0.4, 0.5) is 0 Å². The normalized spacial score (nSPS) is 25.6. The minimum absolute atomic E-state index is 0.144. The van der Waals surface area contributed by atoms with E-state index in [-0.39, 0.29) is 6.10 Å². The maximum absolute atomic E-state index is 10.1. The summed E-state index contributed by atoms with van der Waals surface area (Å²) in [5.41, 5.74) is 2.38. The summed E-state index contributed by atoms with van der Waals surface area (Å²) in [4.78, 5) is 0. The summed E-state index contributed by atoms with van der Waals surface area (Å²) in [5, 5.41) is 11.0. The Morgan fingerprint density at radius 1 is 1.24 bits per heavy atom. The highest BCUT2D eigenvalue weighted by Gasteiger charge is 2.22. The molecular formula is C15H21ClO. The first-order valence-electron chi connectivity index (χ1n) is 6.60. The quantitative estimate of drug-likeness (QED) is 0.785. The van der Waals surface area contributed by atoms with Gasteiger partial charge in [-0.15, -0.1) is 0 Å². The SMILES string of the molecule is Cc1ccc(CC2CCCCCC2O)c(Cl)c1. The summed E-state index contributed by atoms with van der Waals surface area (Å²) >= 11 is 6.26. The molecule has 2 unspecified atom stereocenters. The number of halogens is 1. The van der Waals surface area contributed by atoms with Crippen LogP contribution in [0.3, 0.4) is 0 Å². The van der Waals surface area contributed by atoms with Gasteiger partial charge in [0.15, 0.2) is 0 Å². The van der Waals surface area contributed by atoms with Gasteiger partial charge in [-0.3, -0.25) is 0 Å². The number of hydrogen-bond acceptors (Lipinski definition) is 1. The van der Waals surface area contributed by atoms with Gasteiger partial charge in [-0.25, -0.2) is 0 Å². The van der Waals surface area contributed by atoms with E-state index in [0.717, 1.165) is 24.3 Å². The van der Waals surface area contributed by atoms with Gasteiger partial charge in [0.2, 0.25) is 0 Å². The fourth-order valence-corrected chi connectivity index (χ4v) is 3.02. The lowest BCUT2D eigenvalue weighted by Gasteiger charge is -2.21. The van der Waals surface area contributed by atoms with Crippen LogP contribution in [0.1, 0.15) is 43.2 Å². The molecule has 1 nitrogen and oxygen atoms in total. The van der Waals surface area contributed by atoms with E-state index >= 15 is 0 Å². The summed E-state index contributed by atoms with van der Waals surface area (Å²) in [7, 11) is 0. The Hall–Kier alpha value is -0.530. The fourth-order valence-electron chi connectivity index (χ4n) is 2.70. The maximum atomic E-state index is 10.1. The Bertz CT molecular complexity index is 375. The molecule has 0 aliphatic heterocycles. The summed E-state index contributed by atoms with van der Waals surface area (Å²) in [6.07, 6.45) is 6.52. The second kappa shape index (κ2) is 5.88. The Balaban J connectivity index is 2.08. The molecule has 1 fully saturated rings. The Morgan fingerprint density at radius 3 is 2.76 bits per heavy atom. The molecule has 1 aromatic carbocycles. The highest BCUT2D eigenvalue weighted by atomic mass is 35.5. The zero-order valence-corrected chi connectivity index (χ0v) is 11.2. The second-order valence-electron chi connectivity index (χ2n) is 5.26. The monoisotopic (exact) mass is 252 g/mol. The second-order valence-corrected chi connectivity index (χ2v) is 5.67. The lowest BCUT2D eigenvalue weighted by molar-refractivity contribution is 0.101. The third kappa shape index (κ3) is 3.46. The summed E-state index contributed by atoms with van der Waals surface area (Å²) in [6, 6.07) is 6.22. The average Bonchev–Trinajstić information content (AvgIpc) is 2.48. The van der Waals surface area contributed by atoms with Gasteiger partial charge in [-0.2, -0.15) is 0 Å². The van der Waals surface area contributed by atoms with Crippen LogP contribution in [0.5, 0.6) is 0 Å². The van der Waals surface area contributed by atoms with E-state index in [1.807, 2.05) is 6.07 Å². The van der Waals surface area contributed by atoms with E-state index in [4.69, 9.17) is 11.6 Å². The van der Waals surface area contributed by atoms with Gasteiger partial charge in [0.25, 0.3) is 0 Å². The molecule has 0 saturated heterocycles. The summed E-state index contributed by atoms with van der Waals surface area (Å²) < 4.78 is 0. The topological polar surface area (TPSA) is 20.2 Å². The number of aliphatic hydroxyl groups is 1. The van der Waals surface area contributed by atoms with Crippen LogP contribution in [0.2, 0.25) is 5.02 Å². The molecule has 0 aromatic heterocycles. The Morgan fingerprint density at radius 2 is 2.00 bits per heavy atom. The van der Waals surface area contributed by atoms with Crippen LogP contribution in [-0.2, 0) is 6.42 Å². The van der Waals surface area contributed by atoms with Gasteiger partial charge in [0.1, 0.15) is 0 Å². The smallest absolute Gasteiger partial charge is 0.0571 e. The molecular weight excluding hydrogens is 232 g/mol. The largest absolute Gasteiger partial charge is 0.393 e. The standard InChI is InChI=1S/C15H21ClO/c1-11-7-8-12(14(16)9-11)10-13-5-3-2-4-6-15(13)17/h7-9,13,15,17H,2-6,10H2,1H3. The number of benzene rings is 1. The van der Waals surface area contributed by atoms with Gasteiger partial charge >= 0.3 is 0 Å². The van der Waals surface area contributed by atoms with E-state index < -0.39 is 0 Å². The molecule has 2 rings (SSSR count). The van der Waals surface area contributed by atoms with Crippen LogP contribution >= 0.6 is 11.6 Å². The minimum atomic E-state index is -0.144. The van der Waals surface area contributed by atoms with Crippen molar-refractivity contribution in [3.05, 3.63) is 34.3 Å². The molecule has 17 heavy (non-hydrogen) atoms. The van der Waals surface area contributed by atoms with Crippen LogP contribution in [0.15, 0.2) is 18.2 Å². The molecule has 0 heterocycles. The molecule has 94 valence electrons. The van der Waals surface area contributed by atoms with Crippen LogP contribution in [0.25, 0.3) is 0 Å². The number of aryl methyl sites for hydroxylation is 1. The molecule has 1 aromatic rings. The minimum Gasteiger partial charge on any atom is -0.393 e. The van der Waals surface area contributed by atoms with Crippen molar-refractivity contribution < 1.29 is 5.11 Å². The summed E-state index contributed by atoms with van der Waals surface area (Å²) in [5.74, 6) is 0.387. The van der Waals surface area contributed by atoms with Crippen molar-refractivity contribution in [3.63, 3.8) is 0 Å². The molecule has 0 radical (unpaired) electrons. The van der Waals surface area contributed by atoms with Crippen LogP contribution in [-0.4, -0.2) is 11.2 Å². The van der Waals surface area contributed by atoms with E-state index in [1.54, 1.807) is 0 Å². The first kappa shape index (κ1) is 12.9. The number of hydrogen-bond donors (Lipinski definition) is 1. The molecule has 1 saturated carbocycles. The van der Waals surface area contributed by atoms with Crippen molar-refractivity contribution in [2.75, 3.05) is 0 Å². The van der Waals surface area contributed by atoms with Crippen LogP contribution < -0.4 is 0 Å². The maximum Gasteiger partial charge on any atom is 0.0571 e. The van der Waals surface area contributed by atoms with Gasteiger partial charge < -0.3 is 5.11 Å².